The van der Waals surface area contributed by atoms with Crippen LogP contribution in [0.25, 0.3) is 0 Å². The van der Waals surface area contributed by atoms with E-state index in [1.54, 1.807) is 0 Å². The zero-order valence-electron chi connectivity index (χ0n) is 15.4. The van der Waals surface area contributed by atoms with Crippen LogP contribution in [0.3, 0.4) is 0 Å². The first kappa shape index (κ1) is 18.2. The predicted octanol–water partition coefficient (Wildman–Crippen LogP) is 3.52. The Morgan fingerprint density at radius 2 is 1.54 bits per heavy atom. The molecule has 2 aromatic rings. The van der Waals surface area contributed by atoms with Gasteiger partial charge in [0.05, 0.1) is 14.2 Å². The molecule has 0 spiro atoms. The van der Waals surface area contributed by atoms with Gasteiger partial charge in [-0.3, -0.25) is 9.59 Å². The zero-order chi connectivity index (χ0) is 18.7. The second-order valence-corrected chi connectivity index (χ2v) is 7.05. The Bertz CT molecular complexity index is 783. The van der Waals surface area contributed by atoms with Gasteiger partial charge >= 0.3 is 11.9 Å². The van der Waals surface area contributed by atoms with E-state index in [-0.39, 0.29) is 11.3 Å². The van der Waals surface area contributed by atoms with E-state index in [1.165, 1.54) is 25.3 Å². The Morgan fingerprint density at radius 3 is 2.15 bits per heavy atom. The summed E-state index contributed by atoms with van der Waals surface area (Å²) in [5.74, 6) is -2.16. The van der Waals surface area contributed by atoms with Gasteiger partial charge in [-0.2, -0.15) is 0 Å². The number of ether oxygens (including phenoxy) is 2. The lowest BCUT2D eigenvalue weighted by molar-refractivity contribution is -0.162. The molecule has 0 heterocycles. The molecule has 3 rings (SSSR count). The molecule has 0 aromatic heterocycles. The number of carbonyl (C=O) groups is 2. The lowest BCUT2D eigenvalue weighted by Crippen LogP contribution is -2.42. The minimum Gasteiger partial charge on any atom is -0.468 e. The lowest BCUT2D eigenvalue weighted by atomic mass is 9.61. The van der Waals surface area contributed by atoms with Crippen LogP contribution in [0.4, 0.5) is 0 Å². The number of benzene rings is 2. The van der Waals surface area contributed by atoms with Gasteiger partial charge < -0.3 is 9.47 Å². The zero-order valence-corrected chi connectivity index (χ0v) is 15.4. The topological polar surface area (TPSA) is 52.6 Å². The summed E-state index contributed by atoms with van der Waals surface area (Å²) >= 11 is 0. The Balaban J connectivity index is 2.09. The summed E-state index contributed by atoms with van der Waals surface area (Å²) in [6.45, 7) is 2.18. The second-order valence-electron chi connectivity index (χ2n) is 7.05. The molecule has 0 fully saturated rings. The largest absolute Gasteiger partial charge is 0.468 e. The molecular weight excluding hydrogens is 328 g/mol. The van der Waals surface area contributed by atoms with Crippen LogP contribution in [-0.2, 0) is 30.9 Å². The molecule has 1 aliphatic carbocycles. The van der Waals surface area contributed by atoms with Crippen molar-refractivity contribution in [1.29, 1.82) is 0 Å². The molecule has 0 aliphatic heterocycles. The number of fused-ring (bicyclic) bond motifs is 1. The van der Waals surface area contributed by atoms with Crippen LogP contribution < -0.4 is 0 Å². The smallest absolute Gasteiger partial charge is 0.320 e. The summed E-state index contributed by atoms with van der Waals surface area (Å²) < 4.78 is 9.82. The van der Waals surface area contributed by atoms with Crippen molar-refractivity contribution in [2.24, 2.45) is 11.8 Å². The van der Waals surface area contributed by atoms with Crippen LogP contribution in [0.5, 0.6) is 0 Å². The molecule has 2 unspecified atom stereocenters. The van der Waals surface area contributed by atoms with Gasteiger partial charge in [0.15, 0.2) is 5.92 Å². The van der Waals surface area contributed by atoms with Gasteiger partial charge in [0.2, 0.25) is 0 Å². The van der Waals surface area contributed by atoms with E-state index in [1.807, 2.05) is 30.3 Å². The van der Waals surface area contributed by atoms with Crippen LogP contribution in [0.1, 0.15) is 30.0 Å². The molecule has 4 nitrogen and oxygen atoms in total. The van der Waals surface area contributed by atoms with Gasteiger partial charge in [-0.15, -0.1) is 0 Å². The lowest BCUT2D eigenvalue weighted by Gasteiger charge is -2.42. The molecular formula is C22H24O4. The molecule has 0 N–H and O–H groups in total. The van der Waals surface area contributed by atoms with E-state index >= 15 is 0 Å². The van der Waals surface area contributed by atoms with Crippen LogP contribution in [-0.4, -0.2) is 26.2 Å². The second kappa shape index (κ2) is 7.32. The van der Waals surface area contributed by atoms with Gasteiger partial charge in [0.25, 0.3) is 0 Å². The van der Waals surface area contributed by atoms with E-state index in [2.05, 4.69) is 31.2 Å². The number of hydrogen-bond acceptors (Lipinski definition) is 4. The summed E-state index contributed by atoms with van der Waals surface area (Å²) in [4.78, 5) is 24.7. The third-order valence-electron chi connectivity index (χ3n) is 5.56. The van der Waals surface area contributed by atoms with Crippen molar-refractivity contribution in [2.45, 2.75) is 25.2 Å². The SMILES string of the molecule is COC(=O)C(C(=O)OC)C1Cc2ccccc2C(C)(c2ccccc2)C1. The van der Waals surface area contributed by atoms with Crippen molar-refractivity contribution in [2.75, 3.05) is 14.2 Å². The van der Waals surface area contributed by atoms with Gasteiger partial charge in [0, 0.05) is 5.41 Å². The fourth-order valence-corrected chi connectivity index (χ4v) is 4.28. The number of methoxy groups -OCH3 is 2. The summed E-state index contributed by atoms with van der Waals surface area (Å²) in [6.07, 6.45) is 1.32. The highest BCUT2D eigenvalue weighted by Gasteiger charge is 2.45. The third-order valence-corrected chi connectivity index (χ3v) is 5.56. The standard InChI is InChI=1S/C22H24O4/c1-22(17-10-5-4-6-11-17)14-16(13-15-9-7-8-12-18(15)22)19(20(23)25-2)21(24)26-3/h4-12,16,19H,13-14H2,1-3H3. The minimum absolute atomic E-state index is 0.185. The van der Waals surface area contributed by atoms with Gasteiger partial charge in [-0.05, 0) is 35.4 Å². The molecule has 2 aromatic carbocycles. The quantitative estimate of drug-likeness (QED) is 0.624. The van der Waals surface area contributed by atoms with Crippen molar-refractivity contribution >= 4 is 11.9 Å². The molecule has 26 heavy (non-hydrogen) atoms. The van der Waals surface area contributed by atoms with Crippen molar-refractivity contribution < 1.29 is 19.1 Å². The fourth-order valence-electron chi connectivity index (χ4n) is 4.28. The predicted molar refractivity (Wildman–Crippen MR) is 98.7 cm³/mol. The average molecular weight is 352 g/mol. The Hall–Kier alpha value is -2.62. The Labute approximate surface area is 154 Å². The maximum Gasteiger partial charge on any atom is 0.320 e. The first-order valence-electron chi connectivity index (χ1n) is 8.81. The monoisotopic (exact) mass is 352 g/mol. The molecule has 0 radical (unpaired) electrons. The summed E-state index contributed by atoms with van der Waals surface area (Å²) in [5.41, 5.74) is 3.29. The molecule has 136 valence electrons. The number of carbonyl (C=O) groups excluding carboxylic acids is 2. The van der Waals surface area contributed by atoms with E-state index in [4.69, 9.17) is 9.47 Å². The van der Waals surface area contributed by atoms with E-state index in [0.717, 1.165) is 5.56 Å². The third kappa shape index (κ3) is 3.12. The Morgan fingerprint density at radius 1 is 0.962 bits per heavy atom. The highest BCUT2D eigenvalue weighted by Crippen LogP contribution is 2.46. The molecule has 0 saturated carbocycles. The highest BCUT2D eigenvalue weighted by atomic mass is 16.5. The first-order valence-corrected chi connectivity index (χ1v) is 8.81. The van der Waals surface area contributed by atoms with Crippen molar-refractivity contribution in [1.82, 2.24) is 0 Å². The average Bonchev–Trinajstić information content (AvgIpc) is 2.68. The summed E-state index contributed by atoms with van der Waals surface area (Å²) in [5, 5.41) is 0. The highest BCUT2D eigenvalue weighted by molar-refractivity contribution is 5.95. The van der Waals surface area contributed by atoms with E-state index in [0.29, 0.717) is 12.8 Å². The van der Waals surface area contributed by atoms with E-state index < -0.39 is 17.9 Å². The van der Waals surface area contributed by atoms with Gasteiger partial charge in [0.1, 0.15) is 0 Å². The van der Waals surface area contributed by atoms with Gasteiger partial charge in [-0.25, -0.2) is 0 Å². The number of esters is 2. The van der Waals surface area contributed by atoms with Crippen LogP contribution in [0, 0.1) is 11.8 Å². The van der Waals surface area contributed by atoms with Crippen molar-refractivity contribution in [3.05, 3.63) is 71.3 Å². The normalized spacial score (nSPS) is 21.8. The maximum atomic E-state index is 12.3. The van der Waals surface area contributed by atoms with Crippen LogP contribution in [0.15, 0.2) is 54.6 Å². The molecule has 0 saturated heterocycles. The first-order chi connectivity index (χ1) is 12.5. The molecule has 2 atom stereocenters. The Kier molecular flexibility index (Phi) is 5.12. The summed E-state index contributed by atoms with van der Waals surface area (Å²) in [6, 6.07) is 18.5. The maximum absolute atomic E-state index is 12.3. The van der Waals surface area contributed by atoms with Crippen molar-refractivity contribution in [3.63, 3.8) is 0 Å². The van der Waals surface area contributed by atoms with Crippen molar-refractivity contribution in [3.8, 4) is 0 Å². The molecule has 1 aliphatic rings. The fraction of sp³-hybridized carbons (Fsp3) is 0.364. The van der Waals surface area contributed by atoms with E-state index in [9.17, 15) is 9.59 Å². The minimum atomic E-state index is -0.915. The molecule has 4 heteroatoms. The summed E-state index contributed by atoms with van der Waals surface area (Å²) in [7, 11) is 2.62. The number of rotatable bonds is 4. The number of hydrogen-bond donors (Lipinski definition) is 0. The van der Waals surface area contributed by atoms with Crippen LogP contribution in [0.2, 0.25) is 0 Å². The molecule has 0 amide bonds. The molecule has 0 bridgehead atoms. The van der Waals surface area contributed by atoms with Gasteiger partial charge in [-0.1, -0.05) is 61.5 Å². The van der Waals surface area contributed by atoms with Crippen LogP contribution >= 0.6 is 0 Å².